The van der Waals surface area contributed by atoms with Crippen LogP contribution in [0.15, 0.2) is 18.6 Å². The molecule has 3 unspecified atom stereocenters. The van der Waals surface area contributed by atoms with Gasteiger partial charge in [0, 0.05) is 10.1 Å². The molecule has 0 aromatic carbocycles. The Morgan fingerprint density at radius 3 is 2.93 bits per heavy atom. The lowest BCUT2D eigenvalue weighted by atomic mass is 10.2. The maximum Gasteiger partial charge on any atom is 0.129 e. The van der Waals surface area contributed by atoms with Gasteiger partial charge in [-0.15, -0.1) is 11.6 Å². The molecule has 76 valence electrons. The Labute approximate surface area is 102 Å². The maximum atomic E-state index is 6.21. The molecule has 0 saturated heterocycles. The van der Waals surface area contributed by atoms with Crippen molar-refractivity contribution in [1.82, 2.24) is 9.97 Å². The van der Waals surface area contributed by atoms with Gasteiger partial charge in [-0.2, -0.15) is 0 Å². The van der Waals surface area contributed by atoms with Crippen molar-refractivity contribution in [3.63, 3.8) is 0 Å². The predicted octanol–water partition coefficient (Wildman–Crippen LogP) is 2.46. The summed E-state index contributed by atoms with van der Waals surface area (Å²) >= 11 is 8.66. The number of halogens is 2. The molecule has 0 radical (unpaired) electrons. The van der Waals surface area contributed by atoms with Crippen LogP contribution in [-0.2, 0) is 0 Å². The molecule has 0 spiro atoms. The number of nitrogens with zero attached hydrogens (tertiary/aromatic N) is 2. The van der Waals surface area contributed by atoms with E-state index < -0.39 is 0 Å². The summed E-state index contributed by atoms with van der Waals surface area (Å²) in [6.45, 7) is 0. The fourth-order valence-corrected chi connectivity index (χ4v) is 3.28. The minimum atomic E-state index is 0.215. The molecule has 1 fully saturated rings. The summed E-state index contributed by atoms with van der Waals surface area (Å²) < 4.78 is 0.588. The van der Waals surface area contributed by atoms with Crippen LogP contribution in [0.4, 0.5) is 5.82 Å². The van der Waals surface area contributed by atoms with Gasteiger partial charge >= 0.3 is 0 Å². The molecule has 1 heterocycles. The summed E-state index contributed by atoms with van der Waals surface area (Å²) in [5.74, 6) is 0.860. The molecule has 1 aliphatic rings. The van der Waals surface area contributed by atoms with Crippen LogP contribution in [0, 0.1) is 0 Å². The fourth-order valence-electron chi connectivity index (χ4n) is 1.63. The maximum absolute atomic E-state index is 6.21. The van der Waals surface area contributed by atoms with E-state index in [1.165, 1.54) is 6.42 Å². The number of nitrogens with one attached hydrogen (secondary N) is 1. The van der Waals surface area contributed by atoms with Crippen molar-refractivity contribution in [2.24, 2.45) is 0 Å². The molecule has 0 aliphatic heterocycles. The Bertz CT molecular complexity index is 285. The molecular weight excluding hydrogens is 312 g/mol. The third kappa shape index (κ3) is 2.28. The molecule has 1 aromatic heterocycles. The van der Waals surface area contributed by atoms with E-state index in [0.29, 0.717) is 9.97 Å². The first-order chi connectivity index (χ1) is 6.77. The summed E-state index contributed by atoms with van der Waals surface area (Å²) in [5.41, 5.74) is 0. The van der Waals surface area contributed by atoms with E-state index in [0.717, 1.165) is 12.2 Å². The number of anilines is 1. The number of hydrogen-bond acceptors (Lipinski definition) is 3. The van der Waals surface area contributed by atoms with Gasteiger partial charge in [-0.25, -0.2) is 9.97 Å². The zero-order valence-corrected chi connectivity index (χ0v) is 10.4. The molecule has 1 aromatic rings. The van der Waals surface area contributed by atoms with Crippen molar-refractivity contribution in [2.75, 3.05) is 5.32 Å². The van der Waals surface area contributed by atoms with E-state index in [9.17, 15) is 0 Å². The first kappa shape index (κ1) is 10.4. The highest BCUT2D eigenvalue weighted by atomic mass is 127. The highest BCUT2D eigenvalue weighted by molar-refractivity contribution is 14.1. The second-order valence-corrected chi connectivity index (χ2v) is 5.53. The molecule has 3 nitrogen and oxygen atoms in total. The molecule has 5 heteroatoms. The van der Waals surface area contributed by atoms with Gasteiger partial charge < -0.3 is 5.32 Å². The Balaban J connectivity index is 2.04. The van der Waals surface area contributed by atoms with Crippen molar-refractivity contribution in [3.05, 3.63) is 18.6 Å². The molecule has 3 atom stereocenters. The minimum Gasteiger partial charge on any atom is -0.365 e. The number of alkyl halides is 2. The lowest BCUT2D eigenvalue weighted by molar-refractivity contribution is 0.782. The molecular formula is C9H11ClIN3. The first-order valence-corrected chi connectivity index (χ1v) is 6.26. The van der Waals surface area contributed by atoms with Crippen LogP contribution >= 0.6 is 34.2 Å². The second-order valence-electron chi connectivity index (χ2n) is 3.37. The standard InChI is InChI=1S/C9H11ClIN3/c10-6-1-2-7(11)9(6)14-8-3-4-12-5-13-8/h3-7,9H,1-2H2,(H,12,13,14). The normalized spacial score (nSPS) is 31.7. The van der Waals surface area contributed by atoms with E-state index >= 15 is 0 Å². The average molecular weight is 324 g/mol. The van der Waals surface area contributed by atoms with Crippen molar-refractivity contribution in [2.45, 2.75) is 28.2 Å². The van der Waals surface area contributed by atoms with Gasteiger partial charge in [0.05, 0.1) is 11.4 Å². The van der Waals surface area contributed by atoms with Crippen LogP contribution < -0.4 is 5.32 Å². The third-order valence-electron chi connectivity index (χ3n) is 2.39. The Kier molecular flexibility index (Phi) is 3.43. The second kappa shape index (κ2) is 4.61. The molecule has 0 amide bonds. The van der Waals surface area contributed by atoms with Gasteiger partial charge in [0.15, 0.2) is 0 Å². The minimum absolute atomic E-state index is 0.215. The topological polar surface area (TPSA) is 37.8 Å². The summed E-state index contributed by atoms with van der Waals surface area (Å²) in [6.07, 6.45) is 5.54. The zero-order chi connectivity index (χ0) is 9.97. The van der Waals surface area contributed by atoms with Crippen molar-refractivity contribution >= 4 is 40.0 Å². The molecule has 1 aliphatic carbocycles. The highest BCUT2D eigenvalue weighted by Gasteiger charge is 2.33. The van der Waals surface area contributed by atoms with Crippen LogP contribution in [-0.4, -0.2) is 25.3 Å². The lowest BCUT2D eigenvalue weighted by Gasteiger charge is -2.19. The molecule has 1 N–H and O–H groups in total. The van der Waals surface area contributed by atoms with E-state index in [4.69, 9.17) is 11.6 Å². The van der Waals surface area contributed by atoms with Crippen molar-refractivity contribution in [3.8, 4) is 0 Å². The summed E-state index contributed by atoms with van der Waals surface area (Å²) in [7, 11) is 0. The van der Waals surface area contributed by atoms with Crippen molar-refractivity contribution < 1.29 is 0 Å². The molecule has 14 heavy (non-hydrogen) atoms. The van der Waals surface area contributed by atoms with Crippen molar-refractivity contribution in [1.29, 1.82) is 0 Å². The van der Waals surface area contributed by atoms with Gasteiger partial charge in [-0.3, -0.25) is 0 Å². The number of hydrogen-bond donors (Lipinski definition) is 1. The molecule has 0 bridgehead atoms. The van der Waals surface area contributed by atoms with Gasteiger partial charge in [-0.05, 0) is 18.9 Å². The Morgan fingerprint density at radius 1 is 1.50 bits per heavy atom. The van der Waals surface area contributed by atoms with Crippen LogP contribution in [0.2, 0.25) is 0 Å². The Hall–Kier alpha value is -0.100. The van der Waals surface area contributed by atoms with E-state index in [1.807, 2.05) is 6.07 Å². The van der Waals surface area contributed by atoms with Crippen LogP contribution in [0.25, 0.3) is 0 Å². The highest BCUT2D eigenvalue weighted by Crippen LogP contribution is 2.32. The molecule has 2 rings (SSSR count). The third-order valence-corrected chi connectivity index (χ3v) is 4.28. The quantitative estimate of drug-likeness (QED) is 0.671. The number of aromatic nitrogens is 2. The summed E-state index contributed by atoms with van der Waals surface area (Å²) in [6, 6.07) is 2.19. The van der Waals surface area contributed by atoms with Crippen LogP contribution in [0.1, 0.15) is 12.8 Å². The summed E-state index contributed by atoms with van der Waals surface area (Å²) in [5, 5.41) is 3.56. The zero-order valence-electron chi connectivity index (χ0n) is 7.53. The van der Waals surface area contributed by atoms with Gasteiger partial charge in [-0.1, -0.05) is 22.6 Å². The van der Waals surface area contributed by atoms with Gasteiger partial charge in [0.1, 0.15) is 12.1 Å². The largest absolute Gasteiger partial charge is 0.365 e. The summed E-state index contributed by atoms with van der Waals surface area (Å²) in [4.78, 5) is 8.00. The van der Waals surface area contributed by atoms with Gasteiger partial charge in [0.2, 0.25) is 0 Å². The SMILES string of the molecule is ClC1CCC(I)C1Nc1ccncn1. The van der Waals surface area contributed by atoms with E-state index in [1.54, 1.807) is 12.5 Å². The smallest absolute Gasteiger partial charge is 0.129 e. The fraction of sp³-hybridized carbons (Fsp3) is 0.556. The van der Waals surface area contributed by atoms with Gasteiger partial charge in [0.25, 0.3) is 0 Å². The first-order valence-electron chi connectivity index (χ1n) is 4.58. The Morgan fingerprint density at radius 2 is 2.36 bits per heavy atom. The van der Waals surface area contributed by atoms with Crippen LogP contribution in [0.3, 0.4) is 0 Å². The number of rotatable bonds is 2. The van der Waals surface area contributed by atoms with Crippen LogP contribution in [0.5, 0.6) is 0 Å². The predicted molar refractivity (Wildman–Crippen MR) is 66.1 cm³/mol. The molecule has 1 saturated carbocycles. The van der Waals surface area contributed by atoms with E-state index in [2.05, 4.69) is 37.9 Å². The lowest BCUT2D eigenvalue weighted by Crippen LogP contribution is -2.31. The van der Waals surface area contributed by atoms with E-state index in [-0.39, 0.29) is 5.38 Å². The monoisotopic (exact) mass is 323 g/mol. The average Bonchev–Trinajstić information content (AvgIpc) is 2.51.